The summed E-state index contributed by atoms with van der Waals surface area (Å²) in [5, 5.41) is 16.6. The Balaban J connectivity index is 1.44. The number of carbonyl (C=O) groups is 2. The smallest absolute Gasteiger partial charge is 0.341 e. The highest BCUT2D eigenvalue weighted by atomic mass is 19.1. The van der Waals surface area contributed by atoms with Gasteiger partial charge in [-0.15, -0.1) is 0 Å². The average molecular weight is 455 g/mol. The Kier molecular flexibility index (Phi) is 6.75. The summed E-state index contributed by atoms with van der Waals surface area (Å²) in [7, 11) is 0. The van der Waals surface area contributed by atoms with Gasteiger partial charge < -0.3 is 14.8 Å². The van der Waals surface area contributed by atoms with E-state index in [0.29, 0.717) is 44.7 Å². The van der Waals surface area contributed by atoms with Crippen molar-refractivity contribution in [2.24, 2.45) is 5.41 Å². The predicted molar refractivity (Wildman–Crippen MR) is 116 cm³/mol. The number of hydrogen-bond donors (Lipinski definition) is 1. The number of benzene rings is 1. The summed E-state index contributed by atoms with van der Waals surface area (Å²) >= 11 is 0. The second kappa shape index (κ2) is 9.71. The van der Waals surface area contributed by atoms with Gasteiger partial charge in [0.2, 0.25) is 0 Å². The molecule has 1 fully saturated rings. The number of ether oxygens (including phenoxy) is 2. The molecule has 1 spiro atoms. The van der Waals surface area contributed by atoms with Gasteiger partial charge in [0.1, 0.15) is 5.82 Å². The van der Waals surface area contributed by atoms with Gasteiger partial charge in [-0.05, 0) is 49.3 Å². The summed E-state index contributed by atoms with van der Waals surface area (Å²) in [6.07, 6.45) is 3.62. The molecule has 0 saturated carbocycles. The number of nitrogens with one attached hydrogen (secondary N) is 1. The summed E-state index contributed by atoms with van der Waals surface area (Å²) < 4.78 is 26.7. The Hall–Kier alpha value is -3.25. The number of carbonyl (C=O) groups excluding carboxylic acids is 2. The predicted octanol–water partition coefficient (Wildman–Crippen LogP) is 2.79. The van der Waals surface area contributed by atoms with Gasteiger partial charge in [0.15, 0.2) is 0 Å². The molecule has 1 N–H and O–H groups in total. The first kappa shape index (κ1) is 22.9. The summed E-state index contributed by atoms with van der Waals surface area (Å²) in [6, 6.07) is 5.47. The van der Waals surface area contributed by atoms with Crippen molar-refractivity contribution >= 4 is 11.9 Å². The van der Waals surface area contributed by atoms with Crippen LogP contribution in [0.2, 0.25) is 0 Å². The van der Waals surface area contributed by atoms with Crippen molar-refractivity contribution in [2.75, 3.05) is 26.4 Å². The van der Waals surface area contributed by atoms with Crippen LogP contribution >= 0.6 is 0 Å². The number of amides is 1. The zero-order valence-electron chi connectivity index (χ0n) is 18.7. The van der Waals surface area contributed by atoms with Crippen molar-refractivity contribution in [3.8, 4) is 6.07 Å². The summed E-state index contributed by atoms with van der Waals surface area (Å²) in [6.45, 7) is 4.53. The molecule has 0 atom stereocenters. The van der Waals surface area contributed by atoms with E-state index in [1.807, 2.05) is 17.7 Å². The Morgan fingerprint density at radius 2 is 2.18 bits per heavy atom. The SMILES string of the molecule is CCc1nn(CCCOC(=O)c2ccc(C#N)cc2F)c2c1C(=O)NCC1(CCOCC1)C2. The molecule has 1 saturated heterocycles. The van der Waals surface area contributed by atoms with Gasteiger partial charge in [-0.1, -0.05) is 6.92 Å². The number of nitrogens with zero attached hydrogens (tertiary/aromatic N) is 3. The fourth-order valence-corrected chi connectivity index (χ4v) is 4.56. The quantitative estimate of drug-likeness (QED) is 0.531. The molecule has 0 aliphatic carbocycles. The minimum Gasteiger partial charge on any atom is -0.462 e. The topological polar surface area (TPSA) is 106 Å². The van der Waals surface area contributed by atoms with Crippen LogP contribution in [-0.2, 0) is 28.9 Å². The van der Waals surface area contributed by atoms with Crippen LogP contribution in [0.4, 0.5) is 4.39 Å². The Morgan fingerprint density at radius 1 is 1.39 bits per heavy atom. The maximum absolute atomic E-state index is 14.0. The van der Waals surface area contributed by atoms with Crippen LogP contribution in [0, 0.1) is 22.6 Å². The first-order chi connectivity index (χ1) is 16.0. The van der Waals surface area contributed by atoms with Gasteiger partial charge in [0.05, 0.1) is 40.8 Å². The van der Waals surface area contributed by atoms with E-state index in [0.717, 1.165) is 36.7 Å². The zero-order valence-corrected chi connectivity index (χ0v) is 18.7. The monoisotopic (exact) mass is 454 g/mol. The molecule has 9 heteroatoms. The van der Waals surface area contributed by atoms with E-state index < -0.39 is 11.8 Å². The van der Waals surface area contributed by atoms with E-state index >= 15 is 0 Å². The molecule has 0 bridgehead atoms. The van der Waals surface area contributed by atoms with Crippen molar-refractivity contribution in [3.63, 3.8) is 0 Å². The number of nitriles is 1. The van der Waals surface area contributed by atoms with E-state index in [1.54, 1.807) is 0 Å². The van der Waals surface area contributed by atoms with Crippen LogP contribution in [0.25, 0.3) is 0 Å². The van der Waals surface area contributed by atoms with E-state index in [2.05, 4.69) is 10.4 Å². The van der Waals surface area contributed by atoms with Crippen molar-refractivity contribution < 1.29 is 23.5 Å². The van der Waals surface area contributed by atoms with E-state index in [4.69, 9.17) is 14.7 Å². The van der Waals surface area contributed by atoms with Crippen LogP contribution < -0.4 is 5.32 Å². The Labute approximate surface area is 191 Å². The van der Waals surface area contributed by atoms with Crippen molar-refractivity contribution in [1.29, 1.82) is 5.26 Å². The number of fused-ring (bicyclic) bond motifs is 1. The van der Waals surface area contributed by atoms with Gasteiger partial charge >= 0.3 is 5.97 Å². The highest BCUT2D eigenvalue weighted by Gasteiger charge is 2.39. The molecule has 0 radical (unpaired) electrons. The molecule has 3 heterocycles. The molecule has 174 valence electrons. The molecule has 1 amide bonds. The lowest BCUT2D eigenvalue weighted by Gasteiger charge is -2.36. The largest absolute Gasteiger partial charge is 0.462 e. The van der Waals surface area contributed by atoms with Gasteiger partial charge in [-0.2, -0.15) is 10.4 Å². The van der Waals surface area contributed by atoms with Crippen LogP contribution in [0.3, 0.4) is 0 Å². The van der Waals surface area contributed by atoms with Crippen LogP contribution in [-0.4, -0.2) is 48.0 Å². The third kappa shape index (κ3) is 4.76. The molecule has 2 aromatic rings. The molecule has 8 nitrogen and oxygen atoms in total. The highest BCUT2D eigenvalue weighted by Crippen LogP contribution is 2.37. The molecule has 1 aromatic heterocycles. The lowest BCUT2D eigenvalue weighted by molar-refractivity contribution is 0.0152. The van der Waals surface area contributed by atoms with Crippen LogP contribution in [0.15, 0.2) is 18.2 Å². The maximum Gasteiger partial charge on any atom is 0.341 e. The molecular weight excluding hydrogens is 427 g/mol. The average Bonchev–Trinajstić information content (AvgIpc) is 3.10. The number of aryl methyl sites for hydroxylation is 2. The molecule has 0 unspecified atom stereocenters. The molecule has 1 aromatic carbocycles. The second-order valence-corrected chi connectivity index (χ2v) is 8.61. The maximum atomic E-state index is 14.0. The lowest BCUT2D eigenvalue weighted by Crippen LogP contribution is -2.40. The van der Waals surface area contributed by atoms with E-state index in [1.165, 1.54) is 12.1 Å². The van der Waals surface area contributed by atoms with E-state index in [-0.39, 0.29) is 29.1 Å². The van der Waals surface area contributed by atoms with Gasteiger partial charge in [0, 0.05) is 32.7 Å². The number of halogens is 1. The number of hydrogen-bond acceptors (Lipinski definition) is 6. The first-order valence-corrected chi connectivity index (χ1v) is 11.3. The van der Waals surface area contributed by atoms with Gasteiger partial charge in [0.25, 0.3) is 5.91 Å². The number of rotatable bonds is 6. The lowest BCUT2D eigenvalue weighted by atomic mass is 9.76. The van der Waals surface area contributed by atoms with Crippen molar-refractivity contribution in [3.05, 3.63) is 52.1 Å². The number of esters is 1. The second-order valence-electron chi connectivity index (χ2n) is 8.61. The summed E-state index contributed by atoms with van der Waals surface area (Å²) in [4.78, 5) is 25.1. The molecule has 33 heavy (non-hydrogen) atoms. The van der Waals surface area contributed by atoms with Gasteiger partial charge in [-0.25, -0.2) is 9.18 Å². The molecule has 2 aliphatic rings. The summed E-state index contributed by atoms with van der Waals surface area (Å²) in [5.41, 5.74) is 2.26. The minimum absolute atomic E-state index is 0.0401. The number of aromatic nitrogens is 2. The normalized spacial score (nSPS) is 17.1. The third-order valence-corrected chi connectivity index (χ3v) is 6.48. The van der Waals surface area contributed by atoms with Crippen molar-refractivity contribution in [2.45, 2.75) is 45.6 Å². The van der Waals surface area contributed by atoms with Gasteiger partial charge in [-0.3, -0.25) is 9.48 Å². The molecule has 2 aliphatic heterocycles. The Bertz CT molecular complexity index is 1100. The first-order valence-electron chi connectivity index (χ1n) is 11.3. The van der Waals surface area contributed by atoms with E-state index in [9.17, 15) is 14.0 Å². The fourth-order valence-electron chi connectivity index (χ4n) is 4.56. The third-order valence-electron chi connectivity index (χ3n) is 6.48. The van der Waals surface area contributed by atoms with Crippen molar-refractivity contribution in [1.82, 2.24) is 15.1 Å². The van der Waals surface area contributed by atoms with Crippen LogP contribution in [0.1, 0.15) is 63.9 Å². The molecular formula is C24H27FN4O4. The standard InChI is InChI=1S/C24H27FN4O4/c1-2-19-21-20(13-24(15-27-22(21)30)6-10-32-11-7-24)29(28-19)8-3-9-33-23(31)17-5-4-16(14-26)12-18(17)25/h4-5,12H,2-3,6-11,13,15H2,1H3,(H,27,30). The van der Waals surface area contributed by atoms with Crippen LogP contribution in [0.5, 0.6) is 0 Å². The summed E-state index contributed by atoms with van der Waals surface area (Å²) in [5.74, 6) is -1.64. The highest BCUT2D eigenvalue weighted by molar-refractivity contribution is 5.97. The zero-order chi connectivity index (χ0) is 23.4. The minimum atomic E-state index is -0.781. The molecule has 4 rings (SSSR count). The Morgan fingerprint density at radius 3 is 2.88 bits per heavy atom. The fraction of sp³-hybridized carbons (Fsp3) is 0.500.